The molecule has 0 saturated heterocycles. The van der Waals surface area contributed by atoms with Gasteiger partial charge in [-0.2, -0.15) is 0 Å². The maximum Gasteiger partial charge on any atom is 0.253 e. The molecule has 16 heavy (non-hydrogen) atoms. The van der Waals surface area contributed by atoms with Crippen molar-refractivity contribution in [2.45, 2.75) is 25.3 Å². The predicted molar refractivity (Wildman–Crippen MR) is 67.8 cm³/mol. The van der Waals surface area contributed by atoms with Crippen molar-refractivity contribution in [3.63, 3.8) is 0 Å². The van der Waals surface area contributed by atoms with E-state index in [2.05, 4.69) is 0 Å². The highest BCUT2D eigenvalue weighted by Crippen LogP contribution is 2.25. The summed E-state index contributed by atoms with van der Waals surface area (Å²) in [6, 6.07) is 7.58. The van der Waals surface area contributed by atoms with Crippen LogP contribution in [0.3, 0.4) is 0 Å². The summed E-state index contributed by atoms with van der Waals surface area (Å²) in [5.41, 5.74) is 6.97. The van der Waals surface area contributed by atoms with Crippen molar-refractivity contribution in [3.8, 4) is 0 Å². The van der Waals surface area contributed by atoms with Crippen LogP contribution in [0.4, 0.5) is 5.69 Å². The van der Waals surface area contributed by atoms with Crippen molar-refractivity contribution in [2.75, 3.05) is 12.8 Å². The molecule has 4 heteroatoms. The normalized spacial score (nSPS) is 14.8. The molecule has 0 bridgehead atoms. The minimum Gasteiger partial charge on any atom is -0.399 e. The van der Waals surface area contributed by atoms with Gasteiger partial charge in [0.15, 0.2) is 0 Å². The van der Waals surface area contributed by atoms with Gasteiger partial charge in [-0.05, 0) is 37.5 Å². The first-order valence-electron chi connectivity index (χ1n) is 5.31. The number of anilines is 1. The van der Waals surface area contributed by atoms with Crippen LogP contribution in [0.5, 0.6) is 0 Å². The maximum atomic E-state index is 12.0. The van der Waals surface area contributed by atoms with E-state index < -0.39 is 0 Å². The zero-order valence-corrected chi connectivity index (χ0v) is 10.2. The highest BCUT2D eigenvalue weighted by molar-refractivity contribution is 5.95. The summed E-state index contributed by atoms with van der Waals surface area (Å²) in [4.78, 5) is 13.8. The van der Waals surface area contributed by atoms with E-state index in [4.69, 9.17) is 5.73 Å². The molecule has 1 fully saturated rings. The summed E-state index contributed by atoms with van der Waals surface area (Å²) in [6.07, 6.45) is 3.49. The van der Waals surface area contributed by atoms with Gasteiger partial charge < -0.3 is 10.6 Å². The largest absolute Gasteiger partial charge is 0.399 e. The molecule has 1 saturated carbocycles. The van der Waals surface area contributed by atoms with Crippen molar-refractivity contribution in [1.29, 1.82) is 0 Å². The van der Waals surface area contributed by atoms with Crippen LogP contribution in [-0.2, 0) is 0 Å². The average Bonchev–Trinajstić information content (AvgIpc) is 2.14. The van der Waals surface area contributed by atoms with Crippen molar-refractivity contribution in [1.82, 2.24) is 4.90 Å². The molecule has 0 atom stereocenters. The van der Waals surface area contributed by atoms with Crippen LogP contribution in [0.2, 0.25) is 0 Å². The lowest BCUT2D eigenvalue weighted by Crippen LogP contribution is -2.41. The number of nitrogens with two attached hydrogens (primary N) is 1. The Morgan fingerprint density at radius 1 is 1.44 bits per heavy atom. The standard InChI is InChI=1S/C12H16N2O.ClH/c1-14(11-6-3-7-11)12(15)9-4-2-5-10(13)8-9;/h2,4-5,8,11H,3,6-7,13H2,1H3;1H. The lowest BCUT2D eigenvalue weighted by molar-refractivity contribution is 0.0652. The van der Waals surface area contributed by atoms with E-state index in [1.807, 2.05) is 24.1 Å². The predicted octanol–water partition coefficient (Wildman–Crippen LogP) is 2.32. The Balaban J connectivity index is 0.00000128. The van der Waals surface area contributed by atoms with E-state index in [0.717, 1.165) is 12.8 Å². The SMILES string of the molecule is CN(C(=O)c1cccc(N)c1)C1CCC1.Cl. The molecule has 3 nitrogen and oxygen atoms in total. The van der Waals surface area contributed by atoms with E-state index in [9.17, 15) is 4.79 Å². The summed E-state index contributed by atoms with van der Waals surface area (Å²) in [5, 5.41) is 0. The van der Waals surface area contributed by atoms with E-state index >= 15 is 0 Å². The highest BCUT2D eigenvalue weighted by Gasteiger charge is 2.26. The fraction of sp³-hybridized carbons (Fsp3) is 0.417. The van der Waals surface area contributed by atoms with Gasteiger partial charge in [0.05, 0.1) is 0 Å². The Labute approximate surface area is 102 Å². The van der Waals surface area contributed by atoms with Gasteiger partial charge in [0.25, 0.3) is 5.91 Å². The number of halogens is 1. The Hall–Kier alpha value is -1.22. The molecule has 1 aromatic carbocycles. The van der Waals surface area contributed by atoms with Crippen molar-refractivity contribution >= 4 is 24.0 Å². The number of rotatable bonds is 2. The molecule has 0 unspecified atom stereocenters. The zero-order chi connectivity index (χ0) is 10.8. The van der Waals surface area contributed by atoms with Crippen molar-refractivity contribution in [3.05, 3.63) is 29.8 Å². The van der Waals surface area contributed by atoms with E-state index in [0.29, 0.717) is 17.3 Å². The average molecular weight is 241 g/mol. The summed E-state index contributed by atoms with van der Waals surface area (Å²) in [7, 11) is 1.87. The van der Waals surface area contributed by atoms with Crippen LogP contribution in [0.15, 0.2) is 24.3 Å². The minimum atomic E-state index is 0. The Morgan fingerprint density at radius 2 is 2.12 bits per heavy atom. The molecule has 2 rings (SSSR count). The lowest BCUT2D eigenvalue weighted by atomic mass is 9.91. The first kappa shape index (κ1) is 12.8. The van der Waals surface area contributed by atoms with Crippen molar-refractivity contribution < 1.29 is 4.79 Å². The van der Waals surface area contributed by atoms with Gasteiger partial charge in [-0.25, -0.2) is 0 Å². The van der Waals surface area contributed by atoms with Gasteiger partial charge in [-0.1, -0.05) is 6.07 Å². The molecule has 1 aliphatic carbocycles. The first-order valence-corrected chi connectivity index (χ1v) is 5.31. The van der Waals surface area contributed by atoms with Crippen LogP contribution in [0.1, 0.15) is 29.6 Å². The number of benzene rings is 1. The lowest BCUT2D eigenvalue weighted by Gasteiger charge is -2.34. The Morgan fingerprint density at radius 3 is 2.62 bits per heavy atom. The number of carbonyl (C=O) groups excluding carboxylic acids is 1. The molecule has 0 aromatic heterocycles. The molecule has 88 valence electrons. The molecule has 1 aliphatic rings. The number of nitrogens with zero attached hydrogens (tertiary/aromatic N) is 1. The number of nitrogen functional groups attached to an aromatic ring is 1. The second kappa shape index (κ2) is 5.21. The zero-order valence-electron chi connectivity index (χ0n) is 9.35. The molecule has 0 spiro atoms. The quantitative estimate of drug-likeness (QED) is 0.807. The van der Waals surface area contributed by atoms with Gasteiger partial charge in [-0.15, -0.1) is 12.4 Å². The molecule has 0 radical (unpaired) electrons. The summed E-state index contributed by atoms with van der Waals surface area (Å²) >= 11 is 0. The second-order valence-corrected chi connectivity index (χ2v) is 4.13. The molecule has 2 N–H and O–H groups in total. The maximum absolute atomic E-state index is 12.0. The van der Waals surface area contributed by atoms with Gasteiger partial charge in [0, 0.05) is 24.3 Å². The van der Waals surface area contributed by atoms with Crippen LogP contribution in [0, 0.1) is 0 Å². The van der Waals surface area contributed by atoms with Gasteiger partial charge in [-0.3, -0.25) is 4.79 Å². The summed E-state index contributed by atoms with van der Waals surface area (Å²) in [6.45, 7) is 0. The molecular formula is C12H17ClN2O. The van der Waals surface area contributed by atoms with Gasteiger partial charge in [0.2, 0.25) is 0 Å². The number of hydrogen-bond acceptors (Lipinski definition) is 2. The molecular weight excluding hydrogens is 224 g/mol. The third-order valence-electron chi connectivity index (χ3n) is 3.08. The minimum absolute atomic E-state index is 0. The third kappa shape index (κ3) is 2.47. The summed E-state index contributed by atoms with van der Waals surface area (Å²) < 4.78 is 0. The molecule has 0 heterocycles. The molecule has 0 aliphatic heterocycles. The third-order valence-corrected chi connectivity index (χ3v) is 3.08. The molecule has 1 amide bonds. The Bertz CT molecular complexity index is 377. The topological polar surface area (TPSA) is 46.3 Å². The number of carbonyl (C=O) groups is 1. The smallest absolute Gasteiger partial charge is 0.253 e. The molecule has 1 aromatic rings. The highest BCUT2D eigenvalue weighted by atomic mass is 35.5. The van der Waals surface area contributed by atoms with Crippen LogP contribution < -0.4 is 5.73 Å². The fourth-order valence-electron chi connectivity index (χ4n) is 1.82. The summed E-state index contributed by atoms with van der Waals surface area (Å²) in [5.74, 6) is 0.0759. The van der Waals surface area contributed by atoms with Crippen LogP contribution in [0.25, 0.3) is 0 Å². The number of hydrogen-bond donors (Lipinski definition) is 1. The first-order chi connectivity index (χ1) is 7.18. The van der Waals surface area contributed by atoms with E-state index in [1.54, 1.807) is 12.1 Å². The Kier molecular flexibility index (Phi) is 4.19. The van der Waals surface area contributed by atoms with Crippen LogP contribution >= 0.6 is 12.4 Å². The number of amides is 1. The second-order valence-electron chi connectivity index (χ2n) is 4.13. The fourth-order valence-corrected chi connectivity index (χ4v) is 1.82. The van der Waals surface area contributed by atoms with Crippen molar-refractivity contribution in [2.24, 2.45) is 0 Å². The van der Waals surface area contributed by atoms with E-state index in [-0.39, 0.29) is 18.3 Å². The monoisotopic (exact) mass is 240 g/mol. The van der Waals surface area contributed by atoms with Crippen LogP contribution in [-0.4, -0.2) is 23.9 Å². The van der Waals surface area contributed by atoms with E-state index in [1.165, 1.54) is 6.42 Å². The van der Waals surface area contributed by atoms with Gasteiger partial charge in [0.1, 0.15) is 0 Å². The van der Waals surface area contributed by atoms with Gasteiger partial charge >= 0.3 is 0 Å².